The van der Waals surface area contributed by atoms with Crippen molar-refractivity contribution in [1.29, 1.82) is 0 Å². The lowest BCUT2D eigenvalue weighted by molar-refractivity contribution is 0.0469. The van der Waals surface area contributed by atoms with Gasteiger partial charge in [-0.15, -0.1) is 0 Å². The molecule has 0 unspecified atom stereocenters. The third kappa shape index (κ3) is 4.32. The normalized spacial score (nSPS) is 10.2. The van der Waals surface area contributed by atoms with Crippen LogP contribution in [0.5, 0.6) is 0 Å². The van der Waals surface area contributed by atoms with Gasteiger partial charge in [-0.25, -0.2) is 9.59 Å². The molecule has 0 saturated heterocycles. The van der Waals surface area contributed by atoms with Crippen LogP contribution in [-0.2, 0) is 16.1 Å². The molecule has 0 aliphatic rings. The molecular weight excluding hydrogens is 356 g/mol. The summed E-state index contributed by atoms with van der Waals surface area (Å²) in [6, 6.07) is 21.9. The van der Waals surface area contributed by atoms with Gasteiger partial charge < -0.3 is 9.47 Å². The van der Waals surface area contributed by atoms with Crippen LogP contribution in [0.2, 0.25) is 0 Å². The van der Waals surface area contributed by atoms with E-state index < -0.39 is 11.9 Å². The molecule has 0 saturated carbocycles. The first kappa shape index (κ1) is 19.0. The average molecular weight is 374 g/mol. The van der Waals surface area contributed by atoms with Crippen LogP contribution in [0.1, 0.15) is 42.2 Å². The minimum atomic E-state index is -0.586. The van der Waals surface area contributed by atoms with Crippen LogP contribution < -0.4 is 0 Å². The van der Waals surface area contributed by atoms with E-state index in [1.165, 1.54) is 7.11 Å². The molecule has 3 aromatic carbocycles. The lowest BCUT2D eigenvalue weighted by Gasteiger charge is -2.09. The highest BCUT2D eigenvalue weighted by Gasteiger charge is 2.19. The number of esters is 2. The van der Waals surface area contributed by atoms with Crippen LogP contribution in [0, 0.1) is 0 Å². The molecule has 0 fully saturated rings. The fourth-order valence-electron chi connectivity index (χ4n) is 2.69. The van der Waals surface area contributed by atoms with Crippen molar-refractivity contribution in [3.05, 3.63) is 107 Å². The van der Waals surface area contributed by atoms with Crippen molar-refractivity contribution in [2.45, 2.75) is 6.61 Å². The second-order valence-electron chi connectivity index (χ2n) is 6.01. The summed E-state index contributed by atoms with van der Waals surface area (Å²) >= 11 is 0. The highest BCUT2D eigenvalue weighted by Crippen LogP contribution is 2.17. The molecule has 0 aliphatic heterocycles. The van der Waals surface area contributed by atoms with Crippen molar-refractivity contribution in [1.82, 2.24) is 0 Å². The Morgan fingerprint density at radius 1 is 0.679 bits per heavy atom. The van der Waals surface area contributed by atoms with E-state index in [9.17, 15) is 14.4 Å². The summed E-state index contributed by atoms with van der Waals surface area (Å²) in [6.45, 7) is 0.0220. The Hall–Kier alpha value is -3.73. The number of benzene rings is 3. The number of hydrogen-bond acceptors (Lipinski definition) is 5. The topological polar surface area (TPSA) is 69.7 Å². The first-order chi connectivity index (χ1) is 13.6. The SMILES string of the molecule is COC(=O)c1ccc(COC(=O)c2ccccc2C(=O)c2ccccc2)cc1. The largest absolute Gasteiger partial charge is 0.465 e. The first-order valence-electron chi connectivity index (χ1n) is 8.63. The van der Waals surface area contributed by atoms with E-state index in [4.69, 9.17) is 4.74 Å². The Morgan fingerprint density at radius 3 is 1.93 bits per heavy atom. The number of methoxy groups -OCH3 is 1. The summed E-state index contributed by atoms with van der Waals surface area (Å²) in [4.78, 5) is 36.7. The third-order valence-electron chi connectivity index (χ3n) is 4.17. The van der Waals surface area contributed by atoms with Crippen molar-refractivity contribution in [2.24, 2.45) is 0 Å². The summed E-state index contributed by atoms with van der Waals surface area (Å²) in [5.74, 6) is -1.26. The van der Waals surface area contributed by atoms with Crippen LogP contribution in [0.3, 0.4) is 0 Å². The summed E-state index contributed by atoms with van der Waals surface area (Å²) in [5, 5.41) is 0. The van der Waals surface area contributed by atoms with Gasteiger partial charge in [0.15, 0.2) is 5.78 Å². The standard InChI is InChI=1S/C23H18O5/c1-27-22(25)18-13-11-16(12-14-18)15-28-23(26)20-10-6-5-9-19(20)21(24)17-7-3-2-4-8-17/h2-14H,15H2,1H3. The average Bonchev–Trinajstić information content (AvgIpc) is 2.77. The second-order valence-corrected chi connectivity index (χ2v) is 6.01. The maximum atomic E-state index is 12.7. The van der Waals surface area contributed by atoms with Crippen molar-refractivity contribution in [3.8, 4) is 0 Å². The van der Waals surface area contributed by atoms with E-state index >= 15 is 0 Å². The van der Waals surface area contributed by atoms with E-state index in [-0.39, 0.29) is 18.0 Å². The van der Waals surface area contributed by atoms with E-state index in [0.717, 1.165) is 0 Å². The smallest absolute Gasteiger partial charge is 0.339 e. The molecule has 0 aliphatic carbocycles. The van der Waals surface area contributed by atoms with Gasteiger partial charge in [-0.1, -0.05) is 60.7 Å². The lowest BCUT2D eigenvalue weighted by atomic mass is 9.98. The maximum Gasteiger partial charge on any atom is 0.339 e. The molecule has 0 heterocycles. The molecule has 0 N–H and O–H groups in total. The van der Waals surface area contributed by atoms with Gasteiger partial charge in [0.1, 0.15) is 6.61 Å². The predicted octanol–water partition coefficient (Wildman–Crippen LogP) is 4.06. The Morgan fingerprint density at radius 2 is 1.29 bits per heavy atom. The summed E-state index contributed by atoms with van der Waals surface area (Å²) < 4.78 is 10.0. The molecule has 28 heavy (non-hydrogen) atoms. The zero-order valence-corrected chi connectivity index (χ0v) is 15.3. The maximum absolute atomic E-state index is 12.7. The van der Waals surface area contributed by atoms with Crippen LogP contribution in [-0.4, -0.2) is 24.8 Å². The molecule has 3 aromatic rings. The number of hydrogen-bond donors (Lipinski definition) is 0. The van der Waals surface area contributed by atoms with E-state index in [1.807, 2.05) is 6.07 Å². The first-order valence-corrected chi connectivity index (χ1v) is 8.63. The van der Waals surface area contributed by atoms with Crippen LogP contribution in [0.15, 0.2) is 78.9 Å². The monoisotopic (exact) mass is 374 g/mol. The van der Waals surface area contributed by atoms with E-state index in [1.54, 1.807) is 72.8 Å². The molecule has 5 heteroatoms. The molecular formula is C23H18O5. The number of ether oxygens (including phenoxy) is 2. The lowest BCUT2D eigenvalue weighted by Crippen LogP contribution is -2.12. The second kappa shape index (κ2) is 8.77. The van der Waals surface area contributed by atoms with Gasteiger partial charge in [-0.2, -0.15) is 0 Å². The molecule has 140 valence electrons. The molecule has 0 amide bonds. The Bertz CT molecular complexity index is 991. The van der Waals surface area contributed by atoms with Crippen molar-refractivity contribution >= 4 is 17.7 Å². The van der Waals surface area contributed by atoms with Crippen molar-refractivity contribution < 1.29 is 23.9 Å². The Kier molecular flexibility index (Phi) is 5.97. The summed E-state index contributed by atoms with van der Waals surface area (Å²) in [7, 11) is 1.31. The zero-order valence-electron chi connectivity index (χ0n) is 15.3. The van der Waals surface area contributed by atoms with Gasteiger partial charge in [0.25, 0.3) is 0 Å². The molecule has 0 spiro atoms. The Balaban J connectivity index is 1.73. The predicted molar refractivity (Wildman–Crippen MR) is 103 cm³/mol. The molecule has 3 rings (SSSR count). The molecule has 5 nitrogen and oxygen atoms in total. The number of rotatable bonds is 6. The van der Waals surface area contributed by atoms with Gasteiger partial charge >= 0.3 is 11.9 Å². The minimum Gasteiger partial charge on any atom is -0.465 e. The summed E-state index contributed by atoms with van der Waals surface area (Å²) in [6.07, 6.45) is 0. The number of ketones is 1. The number of carbonyl (C=O) groups is 3. The van der Waals surface area contributed by atoms with E-state index in [2.05, 4.69) is 4.74 Å². The van der Waals surface area contributed by atoms with Crippen molar-refractivity contribution in [2.75, 3.05) is 7.11 Å². The highest BCUT2D eigenvalue weighted by molar-refractivity contribution is 6.14. The van der Waals surface area contributed by atoms with Gasteiger partial charge in [-0.05, 0) is 23.8 Å². The fraction of sp³-hybridized carbons (Fsp3) is 0.0870. The fourth-order valence-corrected chi connectivity index (χ4v) is 2.69. The highest BCUT2D eigenvalue weighted by atomic mass is 16.5. The van der Waals surface area contributed by atoms with E-state index in [0.29, 0.717) is 22.3 Å². The zero-order chi connectivity index (χ0) is 19.9. The third-order valence-corrected chi connectivity index (χ3v) is 4.17. The minimum absolute atomic E-state index is 0.0220. The van der Waals surface area contributed by atoms with Crippen molar-refractivity contribution in [3.63, 3.8) is 0 Å². The van der Waals surface area contributed by atoms with Gasteiger partial charge in [0, 0.05) is 11.1 Å². The van der Waals surface area contributed by atoms with Crippen LogP contribution in [0.25, 0.3) is 0 Å². The molecule has 0 bridgehead atoms. The quantitative estimate of drug-likeness (QED) is 0.481. The molecule has 0 radical (unpaired) electrons. The van der Waals surface area contributed by atoms with Gasteiger partial charge in [-0.3, -0.25) is 4.79 Å². The Labute approximate surface area is 162 Å². The van der Waals surface area contributed by atoms with Crippen LogP contribution >= 0.6 is 0 Å². The van der Waals surface area contributed by atoms with Gasteiger partial charge in [0.2, 0.25) is 0 Å². The van der Waals surface area contributed by atoms with Crippen LogP contribution in [0.4, 0.5) is 0 Å². The van der Waals surface area contributed by atoms with Gasteiger partial charge in [0.05, 0.1) is 18.2 Å². The number of carbonyl (C=O) groups excluding carboxylic acids is 3. The molecule has 0 aromatic heterocycles. The summed E-state index contributed by atoms with van der Waals surface area (Å²) in [5.41, 5.74) is 2.13. The molecule has 0 atom stereocenters.